The van der Waals surface area contributed by atoms with Crippen LogP contribution in [0.15, 0.2) is 54.6 Å². The van der Waals surface area contributed by atoms with Gasteiger partial charge < -0.3 is 10.5 Å². The van der Waals surface area contributed by atoms with Crippen LogP contribution in [-0.2, 0) is 6.42 Å². The Morgan fingerprint density at radius 1 is 1.04 bits per heavy atom. The highest BCUT2D eigenvalue weighted by molar-refractivity contribution is 5.84. The Hall–Kier alpha value is -3.32. The first-order chi connectivity index (χ1) is 12.2. The number of rotatable bonds is 4. The van der Waals surface area contributed by atoms with Crippen molar-refractivity contribution in [2.24, 2.45) is 0 Å². The standard InChI is InChI=1S/C21H19N3O/c1-3-17-19(14-9-11-16(25-2)12-10-14)18(13-22)21(23)24-20(17)15-7-5-4-6-8-15/h4-12H,3H2,1-2H3,(H2,23,24). The van der Waals surface area contributed by atoms with Gasteiger partial charge in [0.2, 0.25) is 0 Å². The highest BCUT2D eigenvalue weighted by Gasteiger charge is 2.19. The average molecular weight is 329 g/mol. The second kappa shape index (κ2) is 7.06. The van der Waals surface area contributed by atoms with Gasteiger partial charge >= 0.3 is 0 Å². The maximum Gasteiger partial charge on any atom is 0.142 e. The summed E-state index contributed by atoms with van der Waals surface area (Å²) in [4.78, 5) is 4.54. The van der Waals surface area contributed by atoms with E-state index in [0.29, 0.717) is 5.56 Å². The summed E-state index contributed by atoms with van der Waals surface area (Å²) in [5.41, 5.74) is 11.2. The maximum absolute atomic E-state index is 9.65. The second-order valence-corrected chi connectivity index (χ2v) is 5.63. The summed E-state index contributed by atoms with van der Waals surface area (Å²) in [5.74, 6) is 1.02. The monoisotopic (exact) mass is 329 g/mol. The minimum absolute atomic E-state index is 0.254. The van der Waals surface area contributed by atoms with Crippen molar-refractivity contribution in [1.82, 2.24) is 4.98 Å². The first kappa shape index (κ1) is 16.5. The van der Waals surface area contributed by atoms with E-state index in [-0.39, 0.29) is 5.82 Å². The molecule has 1 aromatic heterocycles. The van der Waals surface area contributed by atoms with Gasteiger partial charge in [0.1, 0.15) is 23.2 Å². The van der Waals surface area contributed by atoms with Gasteiger partial charge in [-0.3, -0.25) is 0 Å². The van der Waals surface area contributed by atoms with Gasteiger partial charge in [0.15, 0.2) is 0 Å². The number of anilines is 1. The van der Waals surface area contributed by atoms with E-state index in [4.69, 9.17) is 10.5 Å². The molecule has 3 aromatic rings. The Balaban J connectivity index is 2.31. The molecule has 0 atom stereocenters. The number of hydrogen-bond acceptors (Lipinski definition) is 4. The molecule has 0 unspecified atom stereocenters. The molecule has 2 N–H and O–H groups in total. The lowest BCUT2D eigenvalue weighted by Crippen LogP contribution is -2.05. The SMILES string of the molecule is CCc1c(-c2ccccc2)nc(N)c(C#N)c1-c1ccc(OC)cc1. The van der Waals surface area contributed by atoms with Crippen LogP contribution in [0.3, 0.4) is 0 Å². The van der Waals surface area contributed by atoms with Gasteiger partial charge in [-0.05, 0) is 29.7 Å². The smallest absolute Gasteiger partial charge is 0.142 e. The van der Waals surface area contributed by atoms with Crippen molar-refractivity contribution >= 4 is 5.82 Å². The normalized spacial score (nSPS) is 10.3. The molecule has 3 rings (SSSR count). The van der Waals surface area contributed by atoms with Crippen LogP contribution in [0.5, 0.6) is 5.75 Å². The van der Waals surface area contributed by atoms with E-state index < -0.39 is 0 Å². The van der Waals surface area contributed by atoms with Crippen LogP contribution in [-0.4, -0.2) is 12.1 Å². The molecule has 0 aliphatic heterocycles. The Morgan fingerprint density at radius 2 is 1.72 bits per heavy atom. The van der Waals surface area contributed by atoms with Crippen LogP contribution in [0, 0.1) is 11.3 Å². The fourth-order valence-corrected chi connectivity index (χ4v) is 3.01. The van der Waals surface area contributed by atoms with Crippen molar-refractivity contribution in [3.8, 4) is 34.2 Å². The number of nitriles is 1. The van der Waals surface area contributed by atoms with Crippen LogP contribution in [0.1, 0.15) is 18.1 Å². The van der Waals surface area contributed by atoms with Crippen molar-refractivity contribution in [3.63, 3.8) is 0 Å². The Labute approximate surface area is 147 Å². The van der Waals surface area contributed by atoms with E-state index in [0.717, 1.165) is 40.1 Å². The molecule has 0 radical (unpaired) electrons. The molecule has 25 heavy (non-hydrogen) atoms. The topological polar surface area (TPSA) is 71.9 Å². The summed E-state index contributed by atoms with van der Waals surface area (Å²) in [6.07, 6.45) is 0.744. The lowest BCUT2D eigenvalue weighted by Gasteiger charge is -2.17. The van der Waals surface area contributed by atoms with Crippen LogP contribution in [0.2, 0.25) is 0 Å². The number of aromatic nitrogens is 1. The van der Waals surface area contributed by atoms with Gasteiger partial charge in [-0.1, -0.05) is 49.4 Å². The molecule has 0 amide bonds. The number of ether oxygens (including phenoxy) is 1. The Bertz CT molecular complexity index is 926. The van der Waals surface area contributed by atoms with Crippen LogP contribution in [0.4, 0.5) is 5.82 Å². The first-order valence-corrected chi connectivity index (χ1v) is 8.11. The molecule has 0 spiro atoms. The van der Waals surface area contributed by atoms with Gasteiger partial charge in [0, 0.05) is 11.1 Å². The highest BCUT2D eigenvalue weighted by Crippen LogP contribution is 2.37. The van der Waals surface area contributed by atoms with Crippen molar-refractivity contribution < 1.29 is 4.74 Å². The number of pyridine rings is 1. The van der Waals surface area contributed by atoms with Gasteiger partial charge in [-0.2, -0.15) is 5.26 Å². The number of nitrogen functional groups attached to an aromatic ring is 1. The summed E-state index contributed by atoms with van der Waals surface area (Å²) >= 11 is 0. The van der Waals surface area contributed by atoms with Crippen molar-refractivity contribution in [2.75, 3.05) is 12.8 Å². The average Bonchev–Trinajstić information content (AvgIpc) is 2.68. The molecule has 1 heterocycles. The summed E-state index contributed by atoms with van der Waals surface area (Å²) in [5, 5.41) is 9.65. The molecule has 4 heteroatoms. The minimum atomic E-state index is 0.254. The van der Waals surface area contributed by atoms with Gasteiger partial charge in [0.25, 0.3) is 0 Å². The largest absolute Gasteiger partial charge is 0.497 e. The fourth-order valence-electron chi connectivity index (χ4n) is 3.01. The predicted octanol–water partition coefficient (Wildman–Crippen LogP) is 4.44. The van der Waals surface area contributed by atoms with Crippen molar-refractivity contribution in [2.45, 2.75) is 13.3 Å². The van der Waals surface area contributed by atoms with E-state index in [1.807, 2.05) is 54.6 Å². The van der Waals surface area contributed by atoms with Gasteiger partial charge in [-0.25, -0.2) is 4.98 Å². The molecule has 0 saturated heterocycles. The number of benzene rings is 2. The van der Waals surface area contributed by atoms with E-state index in [1.165, 1.54) is 0 Å². The van der Waals surface area contributed by atoms with E-state index in [9.17, 15) is 5.26 Å². The Kier molecular flexibility index (Phi) is 4.67. The van der Waals surface area contributed by atoms with Crippen molar-refractivity contribution in [1.29, 1.82) is 5.26 Å². The zero-order valence-electron chi connectivity index (χ0n) is 14.3. The van der Waals surface area contributed by atoms with E-state index in [2.05, 4.69) is 18.0 Å². The number of nitrogens with zero attached hydrogens (tertiary/aromatic N) is 2. The quantitative estimate of drug-likeness (QED) is 0.768. The molecule has 2 aromatic carbocycles. The summed E-state index contributed by atoms with van der Waals surface area (Å²) in [7, 11) is 1.63. The molecule has 0 bridgehead atoms. The number of hydrogen-bond donors (Lipinski definition) is 1. The third kappa shape index (κ3) is 3.05. The zero-order valence-corrected chi connectivity index (χ0v) is 14.3. The molecule has 4 nitrogen and oxygen atoms in total. The molecule has 0 fully saturated rings. The molecular weight excluding hydrogens is 310 g/mol. The molecule has 0 aliphatic carbocycles. The molecular formula is C21H19N3O. The maximum atomic E-state index is 9.65. The predicted molar refractivity (Wildman–Crippen MR) is 100 cm³/mol. The van der Waals surface area contributed by atoms with E-state index >= 15 is 0 Å². The van der Waals surface area contributed by atoms with Crippen LogP contribution < -0.4 is 10.5 Å². The summed E-state index contributed by atoms with van der Waals surface area (Å²) < 4.78 is 5.23. The Morgan fingerprint density at radius 3 is 2.28 bits per heavy atom. The van der Waals surface area contributed by atoms with Crippen LogP contribution >= 0.6 is 0 Å². The lowest BCUT2D eigenvalue weighted by atomic mass is 9.90. The molecule has 124 valence electrons. The highest BCUT2D eigenvalue weighted by atomic mass is 16.5. The second-order valence-electron chi connectivity index (χ2n) is 5.63. The summed E-state index contributed by atoms with van der Waals surface area (Å²) in [6, 6.07) is 19.8. The van der Waals surface area contributed by atoms with Gasteiger partial charge in [-0.15, -0.1) is 0 Å². The van der Waals surface area contributed by atoms with Gasteiger partial charge in [0.05, 0.1) is 12.8 Å². The lowest BCUT2D eigenvalue weighted by molar-refractivity contribution is 0.415. The fraction of sp³-hybridized carbons (Fsp3) is 0.143. The van der Waals surface area contributed by atoms with Crippen LogP contribution in [0.25, 0.3) is 22.4 Å². The first-order valence-electron chi connectivity index (χ1n) is 8.11. The van der Waals surface area contributed by atoms with E-state index in [1.54, 1.807) is 7.11 Å². The molecule has 0 aliphatic rings. The third-order valence-corrected chi connectivity index (χ3v) is 4.22. The third-order valence-electron chi connectivity index (χ3n) is 4.22. The summed E-state index contributed by atoms with van der Waals surface area (Å²) in [6.45, 7) is 2.06. The number of methoxy groups -OCH3 is 1. The molecule has 0 saturated carbocycles. The zero-order chi connectivity index (χ0) is 17.8. The van der Waals surface area contributed by atoms with Crippen molar-refractivity contribution in [3.05, 3.63) is 65.7 Å². The minimum Gasteiger partial charge on any atom is -0.497 e. The number of nitrogens with two attached hydrogens (primary N) is 1.